The van der Waals surface area contributed by atoms with Crippen LogP contribution in [0.2, 0.25) is 0 Å². The molecule has 1 heteroatoms. The summed E-state index contributed by atoms with van der Waals surface area (Å²) in [6.45, 7) is 0. The third-order valence-corrected chi connectivity index (χ3v) is 4.49. The van der Waals surface area contributed by atoms with Crippen molar-refractivity contribution in [2.45, 2.75) is 38.5 Å². The van der Waals surface area contributed by atoms with Gasteiger partial charge in [-0.25, -0.2) is 0 Å². The lowest BCUT2D eigenvalue weighted by Gasteiger charge is -2.37. The molecule has 0 aliphatic heterocycles. The second kappa shape index (κ2) is 2.83. The zero-order valence-corrected chi connectivity index (χ0v) is 8.50. The van der Waals surface area contributed by atoms with Gasteiger partial charge in [-0.3, -0.25) is 4.99 Å². The number of rotatable bonds is 0. The number of nitrogens with zero attached hydrogens (tertiary/aromatic N) is 1. The van der Waals surface area contributed by atoms with Gasteiger partial charge >= 0.3 is 0 Å². The standard InChI is InChI=1S/C12H19N/c1-13-12-7-10-3-8-2-9(4-10)6-11(12)5-8/h8-11H,2-7H2,1H3/b13-12+. The van der Waals surface area contributed by atoms with Crippen LogP contribution in [0.4, 0.5) is 0 Å². The van der Waals surface area contributed by atoms with Crippen molar-refractivity contribution >= 4 is 5.71 Å². The molecule has 0 heterocycles. The van der Waals surface area contributed by atoms with Crippen molar-refractivity contribution < 1.29 is 0 Å². The molecule has 13 heavy (non-hydrogen) atoms. The average Bonchev–Trinajstić information content (AvgIpc) is 2.29. The first kappa shape index (κ1) is 8.02. The molecule has 4 fully saturated rings. The van der Waals surface area contributed by atoms with Crippen LogP contribution in [-0.2, 0) is 0 Å². The summed E-state index contributed by atoms with van der Waals surface area (Å²) < 4.78 is 0. The van der Waals surface area contributed by atoms with Crippen molar-refractivity contribution in [2.24, 2.45) is 28.7 Å². The van der Waals surface area contributed by atoms with Gasteiger partial charge in [0.25, 0.3) is 0 Å². The Bertz CT molecular complexity index is 230. The number of fused-ring (bicyclic) bond motifs is 1. The molecule has 0 spiro atoms. The van der Waals surface area contributed by atoms with Gasteiger partial charge in [-0.05, 0) is 62.2 Å². The van der Waals surface area contributed by atoms with Crippen LogP contribution in [0, 0.1) is 23.7 Å². The fraction of sp³-hybridized carbons (Fsp3) is 0.917. The highest BCUT2D eigenvalue weighted by molar-refractivity contribution is 5.87. The van der Waals surface area contributed by atoms with Crippen molar-refractivity contribution in [1.82, 2.24) is 0 Å². The second-order valence-corrected chi connectivity index (χ2v) is 5.39. The summed E-state index contributed by atoms with van der Waals surface area (Å²) in [4.78, 5) is 4.52. The molecular formula is C12H19N. The van der Waals surface area contributed by atoms with Crippen LogP contribution in [0.1, 0.15) is 38.5 Å². The van der Waals surface area contributed by atoms with Crippen molar-refractivity contribution in [1.29, 1.82) is 0 Å². The summed E-state index contributed by atoms with van der Waals surface area (Å²) in [7, 11) is 2.00. The number of aliphatic imine (C=N–C) groups is 1. The highest BCUT2D eigenvalue weighted by Crippen LogP contribution is 2.50. The van der Waals surface area contributed by atoms with Gasteiger partial charge in [0.05, 0.1) is 0 Å². The molecule has 0 amide bonds. The molecule has 4 bridgehead atoms. The molecule has 4 saturated carbocycles. The maximum Gasteiger partial charge on any atom is 0.0276 e. The van der Waals surface area contributed by atoms with E-state index < -0.39 is 0 Å². The molecule has 1 nitrogen and oxygen atoms in total. The molecule has 0 N–H and O–H groups in total. The van der Waals surface area contributed by atoms with E-state index in [0.717, 1.165) is 23.7 Å². The highest BCUT2D eigenvalue weighted by atomic mass is 14.7. The summed E-state index contributed by atoms with van der Waals surface area (Å²) in [6, 6.07) is 0. The molecular weight excluding hydrogens is 158 g/mol. The second-order valence-electron chi connectivity index (χ2n) is 5.39. The van der Waals surface area contributed by atoms with Crippen LogP contribution in [0.15, 0.2) is 4.99 Å². The van der Waals surface area contributed by atoms with Crippen LogP contribution in [0.25, 0.3) is 0 Å². The Hall–Kier alpha value is -0.330. The predicted molar refractivity (Wildman–Crippen MR) is 55.0 cm³/mol. The van der Waals surface area contributed by atoms with Gasteiger partial charge in [-0.15, -0.1) is 0 Å². The van der Waals surface area contributed by atoms with Gasteiger partial charge in [-0.1, -0.05) is 0 Å². The summed E-state index contributed by atoms with van der Waals surface area (Å²) in [5, 5.41) is 0. The first-order valence-corrected chi connectivity index (χ1v) is 5.80. The first-order valence-electron chi connectivity index (χ1n) is 5.80. The molecule has 0 aromatic carbocycles. The molecule has 4 rings (SSSR count). The van der Waals surface area contributed by atoms with Gasteiger partial charge < -0.3 is 0 Å². The molecule has 0 radical (unpaired) electrons. The average molecular weight is 177 g/mol. The fourth-order valence-electron chi connectivity index (χ4n) is 4.16. The van der Waals surface area contributed by atoms with Crippen LogP contribution in [-0.4, -0.2) is 12.8 Å². The maximum absolute atomic E-state index is 4.52. The maximum atomic E-state index is 4.52. The van der Waals surface area contributed by atoms with E-state index in [1.54, 1.807) is 12.1 Å². The Kier molecular flexibility index (Phi) is 1.75. The Morgan fingerprint density at radius 3 is 2.15 bits per heavy atom. The van der Waals surface area contributed by atoms with Crippen LogP contribution < -0.4 is 0 Å². The van der Waals surface area contributed by atoms with E-state index in [9.17, 15) is 0 Å². The summed E-state index contributed by atoms with van der Waals surface area (Å²) in [6.07, 6.45) is 8.87. The highest BCUT2D eigenvalue weighted by Gasteiger charge is 2.41. The number of hydrogen-bond acceptors (Lipinski definition) is 1. The molecule has 2 unspecified atom stereocenters. The van der Waals surface area contributed by atoms with Crippen molar-refractivity contribution in [2.75, 3.05) is 7.05 Å². The van der Waals surface area contributed by atoms with E-state index in [-0.39, 0.29) is 0 Å². The zero-order chi connectivity index (χ0) is 8.84. The summed E-state index contributed by atoms with van der Waals surface area (Å²) in [5.74, 6) is 4.04. The van der Waals surface area contributed by atoms with Crippen molar-refractivity contribution in [3.63, 3.8) is 0 Å². The van der Waals surface area contributed by atoms with Gasteiger partial charge in [0.2, 0.25) is 0 Å². The first-order chi connectivity index (χ1) is 6.35. The van der Waals surface area contributed by atoms with Gasteiger partial charge in [0.15, 0.2) is 0 Å². The molecule has 4 aliphatic carbocycles. The molecule has 4 aliphatic rings. The van der Waals surface area contributed by atoms with E-state index in [4.69, 9.17) is 0 Å². The minimum absolute atomic E-state index is 0.890. The van der Waals surface area contributed by atoms with E-state index in [2.05, 4.69) is 4.99 Å². The lowest BCUT2D eigenvalue weighted by molar-refractivity contribution is 0.140. The fourth-order valence-corrected chi connectivity index (χ4v) is 4.16. The van der Waals surface area contributed by atoms with Gasteiger partial charge in [0, 0.05) is 12.8 Å². The molecule has 0 aromatic heterocycles. The Labute approximate surface area is 80.6 Å². The SMILES string of the molecule is C/N=C1\CC2CC3CC(C2)CC1C3. The lowest BCUT2D eigenvalue weighted by atomic mass is 9.68. The van der Waals surface area contributed by atoms with E-state index in [1.165, 1.54) is 32.1 Å². The molecule has 0 saturated heterocycles. The van der Waals surface area contributed by atoms with Crippen molar-refractivity contribution in [3.05, 3.63) is 0 Å². The lowest BCUT2D eigenvalue weighted by Crippen LogP contribution is -2.28. The van der Waals surface area contributed by atoms with Gasteiger partial charge in [-0.2, -0.15) is 0 Å². The monoisotopic (exact) mass is 177 g/mol. The summed E-state index contributed by atoms with van der Waals surface area (Å²) in [5.41, 5.74) is 1.56. The Morgan fingerprint density at radius 1 is 0.923 bits per heavy atom. The normalized spacial score (nSPS) is 51.3. The van der Waals surface area contributed by atoms with E-state index in [1.807, 2.05) is 7.05 Å². The summed E-state index contributed by atoms with van der Waals surface area (Å²) >= 11 is 0. The van der Waals surface area contributed by atoms with Crippen molar-refractivity contribution in [3.8, 4) is 0 Å². The quantitative estimate of drug-likeness (QED) is 0.539. The number of hydrogen-bond donors (Lipinski definition) is 0. The van der Waals surface area contributed by atoms with Crippen LogP contribution in [0.3, 0.4) is 0 Å². The van der Waals surface area contributed by atoms with Crippen LogP contribution >= 0.6 is 0 Å². The zero-order valence-electron chi connectivity index (χ0n) is 8.50. The molecule has 72 valence electrons. The largest absolute Gasteiger partial charge is 0.297 e. The third kappa shape index (κ3) is 1.24. The topological polar surface area (TPSA) is 12.4 Å². The third-order valence-electron chi connectivity index (χ3n) is 4.49. The smallest absolute Gasteiger partial charge is 0.0276 e. The van der Waals surface area contributed by atoms with E-state index in [0.29, 0.717) is 0 Å². The molecule has 0 aromatic rings. The minimum atomic E-state index is 0.890. The Morgan fingerprint density at radius 2 is 1.54 bits per heavy atom. The molecule has 2 atom stereocenters. The van der Waals surface area contributed by atoms with E-state index >= 15 is 0 Å². The van der Waals surface area contributed by atoms with Crippen LogP contribution in [0.5, 0.6) is 0 Å². The predicted octanol–water partition coefficient (Wildman–Crippen LogP) is 2.90. The van der Waals surface area contributed by atoms with Gasteiger partial charge in [0.1, 0.15) is 0 Å². The minimum Gasteiger partial charge on any atom is -0.297 e. The Balaban J connectivity index is 1.95.